The Bertz CT molecular complexity index is 466. The highest BCUT2D eigenvalue weighted by Crippen LogP contribution is 2.17. The summed E-state index contributed by atoms with van der Waals surface area (Å²) in [5.41, 5.74) is 7.65. The smallest absolute Gasteiger partial charge is 0.123 e. The molecule has 0 bridgehead atoms. The number of nitrogens with two attached hydrogens (primary N) is 1. The molecule has 0 aliphatic carbocycles. The van der Waals surface area contributed by atoms with Gasteiger partial charge in [0.1, 0.15) is 18.2 Å². The molecule has 0 fully saturated rings. The summed E-state index contributed by atoms with van der Waals surface area (Å²) in [5.74, 6) is 1.43. The van der Waals surface area contributed by atoms with E-state index in [9.17, 15) is 0 Å². The van der Waals surface area contributed by atoms with E-state index in [4.69, 9.17) is 10.5 Å². The normalized spacial score (nSPS) is 10.1. The summed E-state index contributed by atoms with van der Waals surface area (Å²) in [4.78, 5) is 4.01. The average Bonchev–Trinajstić information content (AvgIpc) is 2.30. The molecule has 82 valence electrons. The lowest BCUT2D eigenvalue weighted by Gasteiger charge is -2.08. The minimum Gasteiger partial charge on any atom is -0.489 e. The Morgan fingerprint density at radius 1 is 1.19 bits per heavy atom. The number of aromatic nitrogens is 1. The maximum absolute atomic E-state index is 5.68. The number of aryl methyl sites for hydroxylation is 1. The molecule has 0 atom stereocenters. The van der Waals surface area contributed by atoms with Gasteiger partial charge in [-0.3, -0.25) is 0 Å². The molecule has 3 nitrogen and oxygen atoms in total. The van der Waals surface area contributed by atoms with E-state index in [1.807, 2.05) is 37.3 Å². The number of pyridine rings is 1. The largest absolute Gasteiger partial charge is 0.489 e. The second-order valence-electron chi connectivity index (χ2n) is 3.65. The summed E-state index contributed by atoms with van der Waals surface area (Å²) >= 11 is 0. The molecule has 1 heterocycles. The number of nitrogens with zero attached hydrogens (tertiary/aromatic N) is 1. The summed E-state index contributed by atoms with van der Waals surface area (Å²) in [5, 5.41) is 0. The van der Waals surface area contributed by atoms with Gasteiger partial charge in [0, 0.05) is 11.8 Å². The number of benzene rings is 1. The van der Waals surface area contributed by atoms with Crippen LogP contribution in [0.1, 0.15) is 11.1 Å². The Labute approximate surface area is 94.9 Å². The van der Waals surface area contributed by atoms with Crippen LogP contribution in [0.4, 0.5) is 5.82 Å². The zero-order valence-corrected chi connectivity index (χ0v) is 9.18. The van der Waals surface area contributed by atoms with Crippen molar-refractivity contribution in [3.05, 3.63) is 53.7 Å². The van der Waals surface area contributed by atoms with Crippen LogP contribution in [-0.2, 0) is 6.61 Å². The van der Waals surface area contributed by atoms with Gasteiger partial charge in [0.05, 0.1) is 0 Å². The summed E-state index contributed by atoms with van der Waals surface area (Å²) < 4.78 is 5.68. The van der Waals surface area contributed by atoms with Crippen LogP contribution in [0.5, 0.6) is 5.75 Å². The Morgan fingerprint density at radius 2 is 2.00 bits per heavy atom. The molecule has 0 aliphatic heterocycles. The molecule has 0 unspecified atom stereocenters. The lowest BCUT2D eigenvalue weighted by molar-refractivity contribution is 0.303. The highest BCUT2D eigenvalue weighted by molar-refractivity contribution is 5.33. The van der Waals surface area contributed by atoms with Crippen LogP contribution in [0.3, 0.4) is 0 Å². The third kappa shape index (κ3) is 2.51. The van der Waals surface area contributed by atoms with Gasteiger partial charge in [-0.2, -0.15) is 0 Å². The first kappa shape index (κ1) is 10.5. The van der Waals surface area contributed by atoms with E-state index in [-0.39, 0.29) is 0 Å². The molecule has 2 N–H and O–H groups in total. The van der Waals surface area contributed by atoms with Gasteiger partial charge in [0.2, 0.25) is 0 Å². The van der Waals surface area contributed by atoms with Crippen LogP contribution >= 0.6 is 0 Å². The van der Waals surface area contributed by atoms with Crippen LogP contribution in [0.2, 0.25) is 0 Å². The van der Waals surface area contributed by atoms with Gasteiger partial charge in [-0.25, -0.2) is 4.98 Å². The van der Waals surface area contributed by atoms with E-state index < -0.39 is 0 Å². The highest BCUT2D eigenvalue weighted by atomic mass is 16.5. The first-order valence-electron chi connectivity index (χ1n) is 5.14. The molecule has 1 aromatic carbocycles. The molecule has 0 radical (unpaired) electrons. The SMILES string of the molecule is Cc1ccccc1OCc1ccc(N)nc1. The second kappa shape index (κ2) is 4.66. The van der Waals surface area contributed by atoms with Gasteiger partial charge in [-0.15, -0.1) is 0 Å². The number of para-hydroxylation sites is 1. The number of rotatable bonds is 3. The highest BCUT2D eigenvalue weighted by Gasteiger charge is 1.99. The third-order valence-corrected chi connectivity index (χ3v) is 2.34. The topological polar surface area (TPSA) is 48.1 Å². The molecule has 0 amide bonds. The summed E-state index contributed by atoms with van der Waals surface area (Å²) in [6.07, 6.45) is 1.73. The number of hydrogen-bond donors (Lipinski definition) is 1. The van der Waals surface area contributed by atoms with Crippen LogP contribution in [0.15, 0.2) is 42.6 Å². The van der Waals surface area contributed by atoms with Crippen molar-refractivity contribution in [2.45, 2.75) is 13.5 Å². The molecule has 0 saturated heterocycles. The summed E-state index contributed by atoms with van der Waals surface area (Å²) in [7, 11) is 0. The van der Waals surface area contributed by atoms with Gasteiger partial charge in [-0.1, -0.05) is 24.3 Å². The fourth-order valence-electron chi connectivity index (χ4n) is 1.40. The van der Waals surface area contributed by atoms with Crippen LogP contribution in [0.25, 0.3) is 0 Å². The van der Waals surface area contributed by atoms with E-state index in [2.05, 4.69) is 4.98 Å². The van der Waals surface area contributed by atoms with Crippen molar-refractivity contribution in [1.29, 1.82) is 0 Å². The molecule has 1 aromatic heterocycles. The van der Waals surface area contributed by atoms with Crippen LogP contribution < -0.4 is 10.5 Å². The lowest BCUT2D eigenvalue weighted by atomic mass is 10.2. The number of nitrogen functional groups attached to an aromatic ring is 1. The zero-order chi connectivity index (χ0) is 11.4. The van der Waals surface area contributed by atoms with Crippen molar-refractivity contribution in [3.8, 4) is 5.75 Å². The van der Waals surface area contributed by atoms with E-state index in [0.717, 1.165) is 16.9 Å². The molecular formula is C13H14N2O. The quantitative estimate of drug-likeness (QED) is 0.854. The number of ether oxygens (including phenoxy) is 1. The van der Waals surface area contributed by atoms with Gasteiger partial charge in [0.25, 0.3) is 0 Å². The number of anilines is 1. The average molecular weight is 214 g/mol. The van der Waals surface area contributed by atoms with E-state index in [1.165, 1.54) is 0 Å². The maximum Gasteiger partial charge on any atom is 0.123 e. The molecule has 3 heteroatoms. The molecule has 2 aromatic rings. The molecular weight excluding hydrogens is 200 g/mol. The van der Waals surface area contributed by atoms with Crippen molar-refractivity contribution in [2.75, 3.05) is 5.73 Å². The Kier molecular flexibility index (Phi) is 3.05. The standard InChI is InChI=1S/C13H14N2O/c1-10-4-2-3-5-12(10)16-9-11-6-7-13(14)15-8-11/h2-8H,9H2,1H3,(H2,14,15). The molecule has 0 spiro atoms. The van der Waals surface area contributed by atoms with Gasteiger partial charge >= 0.3 is 0 Å². The van der Waals surface area contributed by atoms with E-state index in [0.29, 0.717) is 12.4 Å². The third-order valence-electron chi connectivity index (χ3n) is 2.34. The van der Waals surface area contributed by atoms with Crippen molar-refractivity contribution >= 4 is 5.82 Å². The monoisotopic (exact) mass is 214 g/mol. The minimum atomic E-state index is 0.512. The first-order chi connectivity index (χ1) is 7.75. The fourth-order valence-corrected chi connectivity index (χ4v) is 1.40. The van der Waals surface area contributed by atoms with Crippen molar-refractivity contribution in [3.63, 3.8) is 0 Å². The maximum atomic E-state index is 5.68. The van der Waals surface area contributed by atoms with E-state index in [1.54, 1.807) is 12.3 Å². The van der Waals surface area contributed by atoms with Crippen molar-refractivity contribution in [2.24, 2.45) is 0 Å². The molecule has 0 aliphatic rings. The summed E-state index contributed by atoms with van der Waals surface area (Å²) in [6, 6.07) is 11.6. The predicted molar refractivity (Wildman–Crippen MR) is 64.2 cm³/mol. The Morgan fingerprint density at radius 3 is 2.69 bits per heavy atom. The Balaban J connectivity index is 2.02. The van der Waals surface area contributed by atoms with Gasteiger partial charge in [-0.05, 0) is 24.6 Å². The molecule has 2 rings (SSSR count). The lowest BCUT2D eigenvalue weighted by Crippen LogP contribution is -1.98. The van der Waals surface area contributed by atoms with Crippen LogP contribution in [-0.4, -0.2) is 4.98 Å². The minimum absolute atomic E-state index is 0.512. The molecule has 0 saturated carbocycles. The first-order valence-corrected chi connectivity index (χ1v) is 5.14. The fraction of sp³-hybridized carbons (Fsp3) is 0.154. The van der Waals surface area contributed by atoms with Crippen molar-refractivity contribution in [1.82, 2.24) is 4.98 Å². The van der Waals surface area contributed by atoms with Crippen molar-refractivity contribution < 1.29 is 4.74 Å². The predicted octanol–water partition coefficient (Wildman–Crippen LogP) is 2.55. The summed E-state index contributed by atoms with van der Waals surface area (Å²) in [6.45, 7) is 2.54. The zero-order valence-electron chi connectivity index (χ0n) is 9.18. The van der Waals surface area contributed by atoms with Crippen LogP contribution in [0, 0.1) is 6.92 Å². The van der Waals surface area contributed by atoms with Gasteiger partial charge < -0.3 is 10.5 Å². The Hall–Kier alpha value is -2.03. The number of hydrogen-bond acceptors (Lipinski definition) is 3. The van der Waals surface area contributed by atoms with E-state index >= 15 is 0 Å². The van der Waals surface area contributed by atoms with Gasteiger partial charge in [0.15, 0.2) is 0 Å². The second-order valence-corrected chi connectivity index (χ2v) is 3.65. The molecule has 16 heavy (non-hydrogen) atoms.